The fraction of sp³-hybridized carbons (Fsp3) is 0.714. The number of hydrogen-bond acceptors (Lipinski definition) is 2. The molecule has 23 heavy (non-hydrogen) atoms. The van der Waals surface area contributed by atoms with Gasteiger partial charge in [0.25, 0.3) is 0 Å². The van der Waals surface area contributed by atoms with Crippen LogP contribution in [0, 0.1) is 11.8 Å². The second-order valence-corrected chi connectivity index (χ2v) is 8.72. The van der Waals surface area contributed by atoms with Crippen molar-refractivity contribution in [3.05, 3.63) is 35.4 Å². The van der Waals surface area contributed by atoms with Gasteiger partial charge in [0.05, 0.1) is 6.10 Å². The molecular formula is C21H37NO. The lowest BCUT2D eigenvalue weighted by Gasteiger charge is -2.27. The molecule has 1 rings (SSSR count). The molecule has 1 atom stereocenters. The lowest BCUT2D eigenvalue weighted by atomic mass is 9.86. The smallest absolute Gasteiger partial charge is 0.0802 e. The molecule has 132 valence electrons. The van der Waals surface area contributed by atoms with Crippen LogP contribution < -0.4 is 0 Å². The molecule has 1 aromatic rings. The minimum atomic E-state index is -0.370. The third kappa shape index (κ3) is 7.50. The van der Waals surface area contributed by atoms with E-state index in [9.17, 15) is 5.11 Å². The van der Waals surface area contributed by atoms with E-state index < -0.39 is 0 Å². The molecule has 0 aromatic heterocycles. The molecule has 0 heterocycles. The Balaban J connectivity index is 2.61. The number of hydrogen-bond donors (Lipinski definition) is 1. The van der Waals surface area contributed by atoms with E-state index in [0.29, 0.717) is 11.8 Å². The van der Waals surface area contributed by atoms with Gasteiger partial charge in [0.2, 0.25) is 0 Å². The van der Waals surface area contributed by atoms with E-state index in [4.69, 9.17) is 0 Å². The van der Waals surface area contributed by atoms with Gasteiger partial charge in [-0.2, -0.15) is 0 Å². The lowest BCUT2D eigenvalue weighted by molar-refractivity contribution is 0.131. The molecule has 0 saturated heterocycles. The fourth-order valence-electron chi connectivity index (χ4n) is 2.97. The van der Waals surface area contributed by atoms with E-state index in [0.717, 1.165) is 31.6 Å². The quantitative estimate of drug-likeness (QED) is 0.727. The molecule has 0 aliphatic rings. The van der Waals surface area contributed by atoms with Crippen molar-refractivity contribution in [1.29, 1.82) is 0 Å². The van der Waals surface area contributed by atoms with Gasteiger partial charge in [-0.25, -0.2) is 0 Å². The van der Waals surface area contributed by atoms with E-state index in [1.807, 2.05) is 0 Å². The maximum absolute atomic E-state index is 10.5. The Kier molecular flexibility index (Phi) is 7.76. The molecule has 2 heteroatoms. The van der Waals surface area contributed by atoms with E-state index in [1.165, 1.54) is 5.56 Å². The summed E-state index contributed by atoms with van der Waals surface area (Å²) >= 11 is 0. The number of nitrogens with zero attached hydrogens (tertiary/aromatic N) is 1. The second kappa shape index (κ2) is 8.84. The highest BCUT2D eigenvalue weighted by atomic mass is 16.3. The number of aliphatic hydroxyl groups is 1. The van der Waals surface area contributed by atoms with Crippen molar-refractivity contribution >= 4 is 0 Å². The van der Waals surface area contributed by atoms with E-state index in [-0.39, 0.29) is 11.5 Å². The van der Waals surface area contributed by atoms with Crippen LogP contribution in [-0.4, -0.2) is 29.6 Å². The maximum atomic E-state index is 10.5. The average molecular weight is 320 g/mol. The van der Waals surface area contributed by atoms with Gasteiger partial charge in [0.1, 0.15) is 0 Å². The zero-order valence-corrected chi connectivity index (χ0v) is 16.3. The molecular weight excluding hydrogens is 282 g/mol. The van der Waals surface area contributed by atoms with Crippen molar-refractivity contribution in [2.75, 3.05) is 19.6 Å². The first-order chi connectivity index (χ1) is 10.6. The van der Waals surface area contributed by atoms with Crippen molar-refractivity contribution in [2.45, 2.75) is 66.4 Å². The Morgan fingerprint density at radius 3 is 1.78 bits per heavy atom. The summed E-state index contributed by atoms with van der Waals surface area (Å²) in [7, 11) is 0. The van der Waals surface area contributed by atoms with Crippen LogP contribution in [0.5, 0.6) is 0 Å². The highest BCUT2D eigenvalue weighted by molar-refractivity contribution is 5.28. The van der Waals surface area contributed by atoms with Gasteiger partial charge in [0.15, 0.2) is 0 Å². The zero-order chi connectivity index (χ0) is 17.6. The van der Waals surface area contributed by atoms with Gasteiger partial charge in [-0.15, -0.1) is 0 Å². The molecule has 0 aliphatic heterocycles. The topological polar surface area (TPSA) is 23.5 Å². The molecule has 0 amide bonds. The highest BCUT2D eigenvalue weighted by Crippen LogP contribution is 2.25. The Bertz CT molecular complexity index is 432. The van der Waals surface area contributed by atoms with Gasteiger partial charge in [-0.05, 0) is 34.8 Å². The minimum Gasteiger partial charge on any atom is -0.388 e. The largest absolute Gasteiger partial charge is 0.388 e. The SMILES string of the molecule is CC(C)CN(CCC(O)c1ccc(C(C)(C)C)cc1)CC(C)C. The van der Waals surface area contributed by atoms with Crippen LogP contribution >= 0.6 is 0 Å². The summed E-state index contributed by atoms with van der Waals surface area (Å²) in [6.45, 7) is 18.9. The van der Waals surface area contributed by atoms with Crippen molar-refractivity contribution in [3.8, 4) is 0 Å². The lowest BCUT2D eigenvalue weighted by Crippen LogP contribution is -2.33. The summed E-state index contributed by atoms with van der Waals surface area (Å²) in [6, 6.07) is 8.47. The molecule has 0 fully saturated rings. The van der Waals surface area contributed by atoms with Gasteiger partial charge in [0, 0.05) is 19.6 Å². The Hall–Kier alpha value is -0.860. The number of aliphatic hydroxyl groups excluding tert-OH is 1. The molecule has 0 aliphatic carbocycles. The third-order valence-electron chi connectivity index (χ3n) is 4.13. The van der Waals surface area contributed by atoms with Crippen LogP contribution in [0.15, 0.2) is 24.3 Å². The molecule has 1 N–H and O–H groups in total. The summed E-state index contributed by atoms with van der Waals surface area (Å²) in [6.07, 6.45) is 0.430. The predicted octanol–water partition coefficient (Wildman–Crippen LogP) is 5.02. The molecule has 0 radical (unpaired) electrons. The standard InChI is InChI=1S/C21H37NO/c1-16(2)14-22(15-17(3)4)13-12-20(23)18-8-10-19(11-9-18)21(5,6)7/h8-11,16-17,20,23H,12-15H2,1-7H3. The van der Waals surface area contributed by atoms with Crippen LogP contribution in [0.2, 0.25) is 0 Å². The van der Waals surface area contributed by atoms with Gasteiger partial charge in [-0.3, -0.25) is 0 Å². The minimum absolute atomic E-state index is 0.162. The van der Waals surface area contributed by atoms with Crippen molar-refractivity contribution < 1.29 is 5.11 Å². The molecule has 2 nitrogen and oxygen atoms in total. The monoisotopic (exact) mass is 319 g/mol. The van der Waals surface area contributed by atoms with Crippen LogP contribution in [0.1, 0.15) is 72.1 Å². The average Bonchev–Trinajstić information content (AvgIpc) is 2.42. The third-order valence-corrected chi connectivity index (χ3v) is 4.13. The molecule has 0 saturated carbocycles. The Morgan fingerprint density at radius 1 is 0.913 bits per heavy atom. The van der Waals surface area contributed by atoms with Crippen LogP contribution in [0.3, 0.4) is 0 Å². The summed E-state index contributed by atoms with van der Waals surface area (Å²) in [5.41, 5.74) is 2.51. The first kappa shape index (κ1) is 20.2. The molecule has 0 spiro atoms. The van der Waals surface area contributed by atoms with E-state index >= 15 is 0 Å². The first-order valence-corrected chi connectivity index (χ1v) is 9.10. The molecule has 1 aromatic carbocycles. The zero-order valence-electron chi connectivity index (χ0n) is 16.3. The van der Waals surface area contributed by atoms with Crippen LogP contribution in [0.25, 0.3) is 0 Å². The van der Waals surface area contributed by atoms with Crippen molar-refractivity contribution in [3.63, 3.8) is 0 Å². The number of rotatable bonds is 8. The van der Waals surface area contributed by atoms with E-state index in [2.05, 4.69) is 77.6 Å². The van der Waals surface area contributed by atoms with Gasteiger partial charge >= 0.3 is 0 Å². The summed E-state index contributed by atoms with van der Waals surface area (Å²) in [4.78, 5) is 2.49. The highest BCUT2D eigenvalue weighted by Gasteiger charge is 2.16. The van der Waals surface area contributed by atoms with E-state index in [1.54, 1.807) is 0 Å². The maximum Gasteiger partial charge on any atom is 0.0802 e. The first-order valence-electron chi connectivity index (χ1n) is 9.10. The summed E-state index contributed by atoms with van der Waals surface area (Å²) in [5.74, 6) is 1.33. The Labute approximate surface area is 143 Å². The molecule has 1 unspecified atom stereocenters. The summed E-state index contributed by atoms with van der Waals surface area (Å²) in [5, 5.41) is 10.5. The van der Waals surface area contributed by atoms with Crippen molar-refractivity contribution in [2.24, 2.45) is 11.8 Å². The summed E-state index contributed by atoms with van der Waals surface area (Å²) < 4.78 is 0. The van der Waals surface area contributed by atoms with Crippen LogP contribution in [-0.2, 0) is 5.41 Å². The number of benzene rings is 1. The predicted molar refractivity (Wildman–Crippen MR) is 101 cm³/mol. The van der Waals surface area contributed by atoms with Crippen molar-refractivity contribution in [1.82, 2.24) is 4.90 Å². The molecule has 0 bridgehead atoms. The normalized spacial score (nSPS) is 14.0. The van der Waals surface area contributed by atoms with Gasteiger partial charge < -0.3 is 10.0 Å². The fourth-order valence-corrected chi connectivity index (χ4v) is 2.97. The Morgan fingerprint density at radius 2 is 1.39 bits per heavy atom. The second-order valence-electron chi connectivity index (χ2n) is 8.72. The van der Waals surface area contributed by atoms with Crippen LogP contribution in [0.4, 0.5) is 0 Å². The van der Waals surface area contributed by atoms with Gasteiger partial charge in [-0.1, -0.05) is 72.7 Å².